The quantitative estimate of drug-likeness (QED) is 0.941. The van der Waals surface area contributed by atoms with Gasteiger partial charge in [0.1, 0.15) is 0 Å². The predicted molar refractivity (Wildman–Crippen MR) is 93.0 cm³/mol. The minimum Gasteiger partial charge on any atom is -0.369 e. The first kappa shape index (κ1) is 15.1. The second kappa shape index (κ2) is 6.95. The Balaban J connectivity index is 1.60. The van der Waals surface area contributed by atoms with E-state index in [0.717, 1.165) is 32.7 Å². The van der Waals surface area contributed by atoms with E-state index in [0.29, 0.717) is 6.54 Å². The highest BCUT2D eigenvalue weighted by atomic mass is 15.3. The van der Waals surface area contributed by atoms with E-state index in [1.165, 1.54) is 22.4 Å². The molecule has 116 valence electrons. The average Bonchev–Trinajstić information content (AvgIpc) is 2.56. The minimum absolute atomic E-state index is 0.624. The van der Waals surface area contributed by atoms with Crippen molar-refractivity contribution < 1.29 is 0 Å². The molecule has 0 spiro atoms. The molecule has 3 heteroatoms. The normalized spacial score (nSPS) is 16.0. The van der Waals surface area contributed by atoms with Gasteiger partial charge in [-0.25, -0.2) is 0 Å². The van der Waals surface area contributed by atoms with Crippen molar-refractivity contribution in [2.45, 2.75) is 20.0 Å². The second-order valence-electron chi connectivity index (χ2n) is 6.08. The largest absolute Gasteiger partial charge is 0.369 e. The third kappa shape index (κ3) is 3.49. The Morgan fingerprint density at radius 2 is 1.64 bits per heavy atom. The zero-order chi connectivity index (χ0) is 15.4. The number of hydrogen-bond acceptors (Lipinski definition) is 3. The van der Waals surface area contributed by atoms with Gasteiger partial charge in [-0.1, -0.05) is 36.4 Å². The monoisotopic (exact) mass is 295 g/mol. The number of piperazine rings is 1. The lowest BCUT2D eigenvalue weighted by Gasteiger charge is -2.36. The van der Waals surface area contributed by atoms with Crippen molar-refractivity contribution in [3.63, 3.8) is 0 Å². The molecule has 1 saturated heterocycles. The number of benzene rings is 2. The summed E-state index contributed by atoms with van der Waals surface area (Å²) in [5.41, 5.74) is 11.2. The van der Waals surface area contributed by atoms with Crippen molar-refractivity contribution >= 4 is 5.69 Å². The van der Waals surface area contributed by atoms with Crippen molar-refractivity contribution in [1.82, 2.24) is 4.90 Å². The lowest BCUT2D eigenvalue weighted by Crippen LogP contribution is -2.46. The summed E-state index contributed by atoms with van der Waals surface area (Å²) in [4.78, 5) is 5.01. The Labute approximate surface area is 133 Å². The van der Waals surface area contributed by atoms with Crippen LogP contribution in [0.3, 0.4) is 0 Å². The van der Waals surface area contributed by atoms with Gasteiger partial charge in [-0.2, -0.15) is 0 Å². The number of nitrogens with two attached hydrogens (primary N) is 1. The molecule has 1 fully saturated rings. The van der Waals surface area contributed by atoms with Gasteiger partial charge >= 0.3 is 0 Å². The molecule has 0 saturated carbocycles. The lowest BCUT2D eigenvalue weighted by atomic mass is 10.1. The molecule has 2 aromatic rings. The number of aryl methyl sites for hydroxylation is 1. The van der Waals surface area contributed by atoms with E-state index >= 15 is 0 Å². The van der Waals surface area contributed by atoms with Gasteiger partial charge in [0.05, 0.1) is 0 Å². The van der Waals surface area contributed by atoms with Crippen LogP contribution < -0.4 is 10.6 Å². The van der Waals surface area contributed by atoms with Gasteiger partial charge in [-0.3, -0.25) is 4.90 Å². The summed E-state index contributed by atoms with van der Waals surface area (Å²) in [6, 6.07) is 17.3. The maximum atomic E-state index is 5.84. The first-order chi connectivity index (χ1) is 10.8. The van der Waals surface area contributed by atoms with Gasteiger partial charge in [-0.05, 0) is 35.7 Å². The van der Waals surface area contributed by atoms with E-state index in [-0.39, 0.29) is 0 Å². The van der Waals surface area contributed by atoms with Gasteiger partial charge in [0, 0.05) is 45.0 Å². The smallest absolute Gasteiger partial charge is 0.0369 e. The number of nitrogens with zero attached hydrogens (tertiary/aromatic N) is 2. The molecule has 1 aliphatic rings. The van der Waals surface area contributed by atoms with Crippen LogP contribution in [0.1, 0.15) is 16.7 Å². The highest BCUT2D eigenvalue weighted by Gasteiger charge is 2.18. The molecule has 3 nitrogen and oxygen atoms in total. The molecule has 0 aliphatic carbocycles. The molecule has 0 atom stereocenters. The summed E-state index contributed by atoms with van der Waals surface area (Å²) in [6.45, 7) is 8.18. The van der Waals surface area contributed by atoms with Crippen LogP contribution in [-0.2, 0) is 13.1 Å². The lowest BCUT2D eigenvalue weighted by molar-refractivity contribution is 0.249. The molecular formula is C19H25N3. The molecule has 0 aromatic heterocycles. The molecule has 1 aliphatic heterocycles. The molecule has 0 unspecified atom stereocenters. The maximum absolute atomic E-state index is 5.84. The van der Waals surface area contributed by atoms with Crippen molar-refractivity contribution in [2.24, 2.45) is 5.73 Å². The Kier molecular flexibility index (Phi) is 4.76. The van der Waals surface area contributed by atoms with Crippen LogP contribution in [0.25, 0.3) is 0 Å². The van der Waals surface area contributed by atoms with Gasteiger partial charge in [0.15, 0.2) is 0 Å². The van der Waals surface area contributed by atoms with Crippen LogP contribution in [0, 0.1) is 6.92 Å². The van der Waals surface area contributed by atoms with E-state index in [2.05, 4.69) is 65.3 Å². The predicted octanol–water partition coefficient (Wildman–Crippen LogP) is 2.78. The zero-order valence-electron chi connectivity index (χ0n) is 13.3. The zero-order valence-corrected chi connectivity index (χ0v) is 13.3. The third-order valence-corrected chi connectivity index (χ3v) is 4.47. The van der Waals surface area contributed by atoms with Crippen LogP contribution in [0.5, 0.6) is 0 Å². The second-order valence-corrected chi connectivity index (χ2v) is 6.08. The standard InChI is InChI=1S/C19H25N3/c1-16-5-4-8-19(13-16)22-11-9-21(10-12-22)15-18-7-3-2-6-17(18)14-20/h2-8,13H,9-12,14-15,20H2,1H3. The van der Waals surface area contributed by atoms with E-state index < -0.39 is 0 Å². The fourth-order valence-electron chi connectivity index (χ4n) is 3.14. The van der Waals surface area contributed by atoms with Crippen LogP contribution in [-0.4, -0.2) is 31.1 Å². The molecule has 0 amide bonds. The van der Waals surface area contributed by atoms with Gasteiger partial charge < -0.3 is 10.6 Å². The van der Waals surface area contributed by atoms with Crippen LogP contribution >= 0.6 is 0 Å². The van der Waals surface area contributed by atoms with Crippen LogP contribution in [0.4, 0.5) is 5.69 Å². The Bertz CT molecular complexity index is 616. The first-order valence-electron chi connectivity index (χ1n) is 8.07. The SMILES string of the molecule is Cc1cccc(N2CCN(Cc3ccccc3CN)CC2)c1. The van der Waals surface area contributed by atoms with Crippen LogP contribution in [0.2, 0.25) is 0 Å². The molecule has 3 rings (SSSR count). The molecule has 0 radical (unpaired) electrons. The number of rotatable bonds is 4. The van der Waals surface area contributed by atoms with Gasteiger partial charge in [-0.15, -0.1) is 0 Å². The van der Waals surface area contributed by atoms with E-state index in [1.807, 2.05) is 0 Å². The Morgan fingerprint density at radius 1 is 0.909 bits per heavy atom. The molecule has 0 bridgehead atoms. The minimum atomic E-state index is 0.624. The number of anilines is 1. The van der Waals surface area contributed by atoms with Crippen molar-refractivity contribution in [2.75, 3.05) is 31.1 Å². The summed E-state index contributed by atoms with van der Waals surface area (Å²) >= 11 is 0. The van der Waals surface area contributed by atoms with Gasteiger partial charge in [0.25, 0.3) is 0 Å². The third-order valence-electron chi connectivity index (χ3n) is 4.47. The van der Waals surface area contributed by atoms with Crippen LogP contribution in [0.15, 0.2) is 48.5 Å². The maximum Gasteiger partial charge on any atom is 0.0369 e. The molecule has 22 heavy (non-hydrogen) atoms. The molecule has 1 heterocycles. The molecular weight excluding hydrogens is 270 g/mol. The summed E-state index contributed by atoms with van der Waals surface area (Å²) in [5, 5.41) is 0. The summed E-state index contributed by atoms with van der Waals surface area (Å²) in [5.74, 6) is 0. The summed E-state index contributed by atoms with van der Waals surface area (Å²) < 4.78 is 0. The fourth-order valence-corrected chi connectivity index (χ4v) is 3.14. The van der Waals surface area contributed by atoms with Crippen molar-refractivity contribution in [3.05, 3.63) is 65.2 Å². The van der Waals surface area contributed by atoms with E-state index in [1.54, 1.807) is 0 Å². The highest BCUT2D eigenvalue weighted by molar-refractivity contribution is 5.48. The topological polar surface area (TPSA) is 32.5 Å². The van der Waals surface area contributed by atoms with Gasteiger partial charge in [0.2, 0.25) is 0 Å². The Hall–Kier alpha value is -1.84. The molecule has 2 N–H and O–H groups in total. The van der Waals surface area contributed by atoms with E-state index in [4.69, 9.17) is 5.73 Å². The summed E-state index contributed by atoms with van der Waals surface area (Å²) in [6.07, 6.45) is 0. The summed E-state index contributed by atoms with van der Waals surface area (Å²) in [7, 11) is 0. The van der Waals surface area contributed by atoms with Crippen molar-refractivity contribution in [3.8, 4) is 0 Å². The first-order valence-corrected chi connectivity index (χ1v) is 8.07. The Morgan fingerprint density at radius 3 is 2.32 bits per heavy atom. The molecule has 2 aromatic carbocycles. The number of hydrogen-bond donors (Lipinski definition) is 1. The highest BCUT2D eigenvalue weighted by Crippen LogP contribution is 2.19. The average molecular weight is 295 g/mol. The van der Waals surface area contributed by atoms with Crippen molar-refractivity contribution in [1.29, 1.82) is 0 Å². The fraction of sp³-hybridized carbons (Fsp3) is 0.368. The van der Waals surface area contributed by atoms with E-state index in [9.17, 15) is 0 Å².